The highest BCUT2D eigenvalue weighted by molar-refractivity contribution is 6.31. The number of aromatic amines is 1. The van der Waals surface area contributed by atoms with Gasteiger partial charge in [-0.15, -0.1) is 0 Å². The molecular formula is C14H17ClN4O2. The lowest BCUT2D eigenvalue weighted by Crippen LogP contribution is -2.42. The van der Waals surface area contributed by atoms with Gasteiger partial charge in [0.05, 0.1) is 23.5 Å². The van der Waals surface area contributed by atoms with Crippen molar-refractivity contribution in [2.24, 2.45) is 0 Å². The smallest absolute Gasteiger partial charge is 0.258 e. The molecule has 3 N–H and O–H groups in total. The van der Waals surface area contributed by atoms with Gasteiger partial charge in [-0.3, -0.25) is 14.9 Å². The monoisotopic (exact) mass is 308 g/mol. The molecule has 0 aliphatic carbocycles. The number of benzene rings is 1. The second-order valence-corrected chi connectivity index (χ2v) is 5.11. The maximum Gasteiger partial charge on any atom is 0.258 e. The first kappa shape index (κ1) is 15.5. The van der Waals surface area contributed by atoms with Crippen LogP contribution in [-0.2, 0) is 11.3 Å². The number of likely N-dealkylation sites (N-methyl/N-ethyl adjacent to an activating group) is 1. The van der Waals surface area contributed by atoms with Crippen LogP contribution in [0.4, 0.5) is 0 Å². The van der Waals surface area contributed by atoms with E-state index in [0.717, 1.165) is 0 Å². The average Bonchev–Trinajstić information content (AvgIpc) is 2.44. The Morgan fingerprint density at radius 3 is 2.95 bits per heavy atom. The van der Waals surface area contributed by atoms with Crippen LogP contribution in [0.15, 0.2) is 23.0 Å². The fraction of sp³-hybridized carbons (Fsp3) is 0.357. The van der Waals surface area contributed by atoms with E-state index in [4.69, 9.17) is 11.6 Å². The summed E-state index contributed by atoms with van der Waals surface area (Å²) in [6.45, 7) is 4.47. The molecule has 1 unspecified atom stereocenters. The van der Waals surface area contributed by atoms with E-state index in [1.165, 1.54) is 0 Å². The lowest BCUT2D eigenvalue weighted by Gasteiger charge is -2.12. The van der Waals surface area contributed by atoms with Crippen molar-refractivity contribution in [3.8, 4) is 0 Å². The third-order valence-electron chi connectivity index (χ3n) is 3.04. The molecule has 0 aliphatic heterocycles. The van der Waals surface area contributed by atoms with Gasteiger partial charge < -0.3 is 10.3 Å². The number of nitrogens with zero attached hydrogens (tertiary/aromatic N) is 1. The number of H-pyrrole nitrogens is 1. The highest BCUT2D eigenvalue weighted by atomic mass is 35.5. The molecule has 0 radical (unpaired) electrons. The van der Waals surface area contributed by atoms with Gasteiger partial charge in [0.15, 0.2) is 0 Å². The van der Waals surface area contributed by atoms with Crippen molar-refractivity contribution in [3.63, 3.8) is 0 Å². The first-order valence-electron chi connectivity index (χ1n) is 6.70. The summed E-state index contributed by atoms with van der Waals surface area (Å²) in [5.74, 6) is 0.370. The number of hydrogen-bond donors (Lipinski definition) is 3. The third kappa shape index (κ3) is 3.80. The van der Waals surface area contributed by atoms with Crippen LogP contribution in [0.1, 0.15) is 19.7 Å². The minimum absolute atomic E-state index is 0.0938. The third-order valence-corrected chi connectivity index (χ3v) is 3.27. The van der Waals surface area contributed by atoms with Gasteiger partial charge in [0.1, 0.15) is 5.82 Å². The fourth-order valence-electron chi connectivity index (χ4n) is 1.91. The lowest BCUT2D eigenvalue weighted by molar-refractivity contribution is -0.122. The van der Waals surface area contributed by atoms with Gasteiger partial charge in [0.2, 0.25) is 5.91 Å². The second kappa shape index (κ2) is 6.69. The van der Waals surface area contributed by atoms with Crippen molar-refractivity contribution >= 4 is 28.4 Å². The molecule has 1 amide bonds. The number of aromatic nitrogens is 2. The number of amides is 1. The predicted molar refractivity (Wildman–Crippen MR) is 82.4 cm³/mol. The normalized spacial score (nSPS) is 12.3. The van der Waals surface area contributed by atoms with Crippen LogP contribution >= 0.6 is 11.6 Å². The molecule has 7 heteroatoms. The Hall–Kier alpha value is -1.92. The van der Waals surface area contributed by atoms with Gasteiger partial charge in [-0.05, 0) is 32.0 Å². The van der Waals surface area contributed by atoms with E-state index in [1.54, 1.807) is 25.1 Å². The summed E-state index contributed by atoms with van der Waals surface area (Å²) in [4.78, 5) is 30.6. The van der Waals surface area contributed by atoms with Crippen LogP contribution in [0.2, 0.25) is 5.02 Å². The van der Waals surface area contributed by atoms with E-state index < -0.39 is 0 Å². The van der Waals surface area contributed by atoms with Crippen LogP contribution < -0.4 is 16.2 Å². The van der Waals surface area contributed by atoms with Crippen LogP contribution in [0.3, 0.4) is 0 Å². The summed E-state index contributed by atoms with van der Waals surface area (Å²) in [5, 5.41) is 6.74. The second-order valence-electron chi connectivity index (χ2n) is 4.67. The van der Waals surface area contributed by atoms with Gasteiger partial charge in [-0.25, -0.2) is 4.98 Å². The van der Waals surface area contributed by atoms with Crippen molar-refractivity contribution in [2.45, 2.75) is 26.4 Å². The number of carbonyl (C=O) groups excluding carboxylic acids is 1. The predicted octanol–water partition coefficient (Wildman–Crippen LogP) is 1.19. The van der Waals surface area contributed by atoms with Crippen molar-refractivity contribution in [1.29, 1.82) is 0 Å². The summed E-state index contributed by atoms with van der Waals surface area (Å²) in [7, 11) is 0. The molecule has 0 aliphatic rings. The molecule has 0 spiro atoms. The number of hydrogen-bond acceptors (Lipinski definition) is 4. The number of fused-ring (bicyclic) bond motifs is 1. The van der Waals surface area contributed by atoms with Crippen molar-refractivity contribution < 1.29 is 4.79 Å². The Labute approximate surface area is 126 Å². The molecule has 112 valence electrons. The number of halogens is 1. The Bertz CT molecular complexity index is 714. The maximum absolute atomic E-state index is 11.9. The molecular weight excluding hydrogens is 292 g/mol. The van der Waals surface area contributed by atoms with Crippen molar-refractivity contribution in [3.05, 3.63) is 39.4 Å². The molecule has 2 aromatic rings. The first-order chi connectivity index (χ1) is 10.0. The average molecular weight is 309 g/mol. The minimum Gasteiger partial charge on any atom is -0.355 e. The lowest BCUT2D eigenvalue weighted by atomic mass is 10.2. The quantitative estimate of drug-likeness (QED) is 0.774. The van der Waals surface area contributed by atoms with Gasteiger partial charge in [-0.1, -0.05) is 11.6 Å². The van der Waals surface area contributed by atoms with Crippen LogP contribution in [0, 0.1) is 0 Å². The van der Waals surface area contributed by atoms with E-state index in [1.807, 2.05) is 6.92 Å². The zero-order valence-electron chi connectivity index (χ0n) is 11.9. The topological polar surface area (TPSA) is 86.9 Å². The van der Waals surface area contributed by atoms with Gasteiger partial charge >= 0.3 is 0 Å². The highest BCUT2D eigenvalue weighted by Crippen LogP contribution is 2.14. The molecule has 21 heavy (non-hydrogen) atoms. The van der Waals surface area contributed by atoms with E-state index in [-0.39, 0.29) is 24.1 Å². The van der Waals surface area contributed by atoms with Gasteiger partial charge in [-0.2, -0.15) is 0 Å². The first-order valence-corrected chi connectivity index (χ1v) is 7.08. The Morgan fingerprint density at radius 1 is 1.48 bits per heavy atom. The molecule has 1 aromatic heterocycles. The van der Waals surface area contributed by atoms with Crippen molar-refractivity contribution in [2.75, 3.05) is 6.54 Å². The number of nitrogens with one attached hydrogen (secondary N) is 3. The van der Waals surface area contributed by atoms with Crippen LogP contribution in [-0.4, -0.2) is 28.5 Å². The van der Waals surface area contributed by atoms with Gasteiger partial charge in [0.25, 0.3) is 5.56 Å². The molecule has 1 aromatic carbocycles. The molecule has 6 nitrogen and oxygen atoms in total. The number of rotatable bonds is 5. The van der Waals surface area contributed by atoms with E-state index in [9.17, 15) is 9.59 Å². The molecule has 0 saturated heterocycles. The van der Waals surface area contributed by atoms with E-state index >= 15 is 0 Å². The molecule has 0 fully saturated rings. The summed E-state index contributed by atoms with van der Waals surface area (Å²) in [6.07, 6.45) is 0. The summed E-state index contributed by atoms with van der Waals surface area (Å²) >= 11 is 5.91. The SMILES string of the molecule is CCNC(=O)C(C)NCc1nc2cc(Cl)ccc2c(=O)[nH]1. The summed E-state index contributed by atoms with van der Waals surface area (Å²) in [6, 6.07) is 4.56. The molecule has 1 atom stereocenters. The Balaban J connectivity index is 2.16. The maximum atomic E-state index is 11.9. The molecule has 2 rings (SSSR count). The zero-order valence-corrected chi connectivity index (χ0v) is 12.6. The zero-order chi connectivity index (χ0) is 15.4. The minimum atomic E-state index is -0.370. The molecule has 1 heterocycles. The summed E-state index contributed by atoms with van der Waals surface area (Å²) < 4.78 is 0. The standard InChI is InChI=1S/C14H17ClN4O2/c1-3-16-13(20)8(2)17-7-12-18-11-6-9(15)4-5-10(11)14(21)19-12/h4-6,8,17H,3,7H2,1-2H3,(H,16,20)(H,18,19,21). The van der Waals surface area contributed by atoms with Gasteiger partial charge in [0, 0.05) is 11.6 Å². The van der Waals surface area contributed by atoms with Crippen LogP contribution in [0.25, 0.3) is 10.9 Å². The summed E-state index contributed by atoms with van der Waals surface area (Å²) in [5.41, 5.74) is 0.313. The molecule has 0 saturated carbocycles. The van der Waals surface area contributed by atoms with Crippen LogP contribution in [0.5, 0.6) is 0 Å². The van der Waals surface area contributed by atoms with E-state index in [0.29, 0.717) is 28.3 Å². The largest absolute Gasteiger partial charge is 0.355 e. The fourth-order valence-corrected chi connectivity index (χ4v) is 2.08. The van der Waals surface area contributed by atoms with Crippen molar-refractivity contribution in [1.82, 2.24) is 20.6 Å². The molecule has 0 bridgehead atoms. The Morgan fingerprint density at radius 2 is 2.24 bits per heavy atom. The highest BCUT2D eigenvalue weighted by Gasteiger charge is 2.12. The number of carbonyl (C=O) groups is 1. The Kier molecular flexibility index (Phi) is 4.93. The van der Waals surface area contributed by atoms with E-state index in [2.05, 4.69) is 20.6 Å².